The second kappa shape index (κ2) is 7.11. The van der Waals surface area contributed by atoms with Crippen LogP contribution in [0.1, 0.15) is 0 Å². The van der Waals surface area contributed by atoms with Crippen molar-refractivity contribution in [3.63, 3.8) is 0 Å². The second-order valence-electron chi connectivity index (χ2n) is 4.95. The summed E-state index contributed by atoms with van der Waals surface area (Å²) in [5, 5.41) is 10.8. The van der Waals surface area contributed by atoms with E-state index in [1.54, 1.807) is 0 Å². The Morgan fingerprint density at radius 3 is 2.33 bits per heavy atom. The van der Waals surface area contributed by atoms with Crippen LogP contribution in [0, 0.1) is 11.6 Å². The van der Waals surface area contributed by atoms with Gasteiger partial charge in [0.1, 0.15) is 11.5 Å². The normalized spacial score (nSPS) is 15.2. The topological polar surface area (TPSA) is 113 Å². The first kappa shape index (κ1) is 20.6. The Balaban J connectivity index is 2.33. The summed E-state index contributed by atoms with van der Waals surface area (Å²) >= 11 is 0. The van der Waals surface area contributed by atoms with Crippen LogP contribution in [0.5, 0.6) is 5.75 Å². The molecule has 0 aliphatic carbocycles. The molecule has 0 bridgehead atoms. The Kier molecular flexibility index (Phi) is 5.42. The second-order valence-corrected chi connectivity index (χ2v) is 6.49. The van der Waals surface area contributed by atoms with Crippen LogP contribution in [0.2, 0.25) is 0 Å². The van der Waals surface area contributed by atoms with Crippen molar-refractivity contribution in [3.05, 3.63) is 35.5 Å². The molecular formula is C13H9F5N2O6S. The van der Waals surface area contributed by atoms with Crippen LogP contribution < -0.4 is 9.50 Å². The molecule has 27 heavy (non-hydrogen) atoms. The van der Waals surface area contributed by atoms with Crippen LogP contribution in [0.3, 0.4) is 0 Å². The summed E-state index contributed by atoms with van der Waals surface area (Å²) in [6.45, 7) is -0.930. The molecule has 148 valence electrons. The van der Waals surface area contributed by atoms with E-state index in [1.165, 1.54) is 0 Å². The van der Waals surface area contributed by atoms with Gasteiger partial charge in [0.25, 0.3) is 11.8 Å². The highest BCUT2D eigenvalue weighted by molar-refractivity contribution is 7.88. The monoisotopic (exact) mass is 416 g/mol. The van der Waals surface area contributed by atoms with Gasteiger partial charge in [0, 0.05) is 18.2 Å². The standard InChI is InChI=1S/C13H9F5N2O6S/c14-6-3-7(15)10(26-27(24,25)13(16,17)18)4-8(6)19-9-5-11(22)20(1-2-21)12(9)23/h3-5,19,21H,1-2H2. The summed E-state index contributed by atoms with van der Waals surface area (Å²) in [5.41, 5.74) is -7.23. The first-order valence-electron chi connectivity index (χ1n) is 6.82. The number of imide groups is 1. The molecule has 1 aliphatic rings. The van der Waals surface area contributed by atoms with Gasteiger partial charge in [-0.05, 0) is 0 Å². The predicted molar refractivity (Wildman–Crippen MR) is 77.5 cm³/mol. The van der Waals surface area contributed by atoms with Gasteiger partial charge in [0.2, 0.25) is 0 Å². The van der Waals surface area contributed by atoms with Crippen molar-refractivity contribution in [1.29, 1.82) is 0 Å². The highest BCUT2D eigenvalue weighted by Crippen LogP contribution is 2.32. The number of hydrogen-bond acceptors (Lipinski definition) is 7. The lowest BCUT2D eigenvalue weighted by Gasteiger charge is -2.15. The first-order chi connectivity index (χ1) is 12.4. The number of rotatable bonds is 6. The van der Waals surface area contributed by atoms with Crippen LogP contribution in [0.4, 0.5) is 27.6 Å². The highest BCUT2D eigenvalue weighted by Gasteiger charge is 2.49. The summed E-state index contributed by atoms with van der Waals surface area (Å²) in [7, 11) is -6.23. The molecule has 1 heterocycles. The number of alkyl halides is 3. The van der Waals surface area contributed by atoms with E-state index in [0.717, 1.165) is 0 Å². The largest absolute Gasteiger partial charge is 0.534 e. The highest BCUT2D eigenvalue weighted by atomic mass is 32.2. The van der Waals surface area contributed by atoms with Crippen molar-refractivity contribution in [3.8, 4) is 5.75 Å². The molecule has 0 unspecified atom stereocenters. The van der Waals surface area contributed by atoms with Crippen molar-refractivity contribution in [2.75, 3.05) is 18.5 Å². The maximum atomic E-state index is 13.8. The molecule has 0 saturated carbocycles. The van der Waals surface area contributed by atoms with Gasteiger partial charge >= 0.3 is 15.6 Å². The number of hydrogen-bond donors (Lipinski definition) is 2. The molecule has 1 aliphatic heterocycles. The zero-order chi connectivity index (χ0) is 20.6. The average Bonchev–Trinajstić information content (AvgIpc) is 2.78. The van der Waals surface area contributed by atoms with Gasteiger partial charge in [0.05, 0.1) is 18.8 Å². The molecule has 0 aromatic heterocycles. The third kappa shape index (κ3) is 4.16. The first-order valence-corrected chi connectivity index (χ1v) is 8.23. The number of anilines is 1. The molecule has 0 fully saturated rings. The Bertz CT molecular complexity index is 928. The summed E-state index contributed by atoms with van der Waals surface area (Å²) in [6, 6.07) is 0.262. The third-order valence-electron chi connectivity index (χ3n) is 3.11. The summed E-state index contributed by atoms with van der Waals surface area (Å²) in [4.78, 5) is 24.1. The van der Waals surface area contributed by atoms with Gasteiger partial charge in [-0.3, -0.25) is 14.5 Å². The number of amides is 2. The molecule has 14 heteroatoms. The molecular weight excluding hydrogens is 407 g/mol. The summed E-state index contributed by atoms with van der Waals surface area (Å²) in [6.07, 6.45) is 0.702. The van der Waals surface area contributed by atoms with Crippen molar-refractivity contribution in [2.45, 2.75) is 5.51 Å². The van der Waals surface area contributed by atoms with E-state index in [2.05, 4.69) is 4.18 Å². The number of benzene rings is 1. The number of nitrogens with one attached hydrogen (secondary N) is 1. The van der Waals surface area contributed by atoms with Crippen molar-refractivity contribution in [1.82, 2.24) is 4.90 Å². The number of β-amino-alcohol motifs (C(OH)–C–C–N with tert-alkyl or cyclic N) is 1. The van der Waals surface area contributed by atoms with E-state index in [0.29, 0.717) is 11.0 Å². The fourth-order valence-electron chi connectivity index (χ4n) is 1.91. The maximum absolute atomic E-state index is 13.8. The predicted octanol–water partition coefficient (Wildman–Crippen LogP) is 0.850. The molecule has 0 spiro atoms. The van der Waals surface area contributed by atoms with E-state index in [9.17, 15) is 40.0 Å². The minimum atomic E-state index is -6.23. The molecule has 8 nitrogen and oxygen atoms in total. The lowest BCUT2D eigenvalue weighted by atomic mass is 10.2. The Labute approximate surface area is 147 Å². The number of aliphatic hydroxyl groups excluding tert-OH is 1. The van der Waals surface area contributed by atoms with Gasteiger partial charge < -0.3 is 14.6 Å². The van der Waals surface area contributed by atoms with Gasteiger partial charge in [-0.2, -0.15) is 21.6 Å². The lowest BCUT2D eigenvalue weighted by Crippen LogP contribution is -2.34. The van der Waals surface area contributed by atoms with Gasteiger partial charge in [-0.15, -0.1) is 0 Å². The van der Waals surface area contributed by atoms with Crippen molar-refractivity contribution in [2.24, 2.45) is 0 Å². The number of carbonyl (C=O) groups excluding carboxylic acids is 2. The summed E-state index contributed by atoms with van der Waals surface area (Å²) < 4.78 is 89.9. The van der Waals surface area contributed by atoms with Crippen LogP contribution in [-0.4, -0.2) is 48.9 Å². The number of aliphatic hydroxyl groups is 1. The number of nitrogens with zero attached hydrogens (tertiary/aromatic N) is 1. The zero-order valence-electron chi connectivity index (χ0n) is 12.9. The fraction of sp³-hybridized carbons (Fsp3) is 0.231. The number of carbonyl (C=O) groups is 2. The van der Waals surface area contributed by atoms with Crippen LogP contribution in [-0.2, 0) is 19.7 Å². The van der Waals surface area contributed by atoms with Gasteiger partial charge in [0.15, 0.2) is 11.6 Å². The quantitative estimate of drug-likeness (QED) is 0.306. The molecule has 1 aromatic carbocycles. The molecule has 0 radical (unpaired) electrons. The molecule has 2 amide bonds. The van der Waals surface area contributed by atoms with E-state index >= 15 is 0 Å². The van der Waals surface area contributed by atoms with Crippen molar-refractivity contribution >= 4 is 27.6 Å². The van der Waals surface area contributed by atoms with E-state index in [-0.39, 0.29) is 18.7 Å². The van der Waals surface area contributed by atoms with Gasteiger partial charge in [-0.25, -0.2) is 8.78 Å². The Morgan fingerprint density at radius 2 is 1.78 bits per heavy atom. The molecule has 1 aromatic rings. The van der Waals surface area contributed by atoms with E-state index in [1.807, 2.05) is 5.32 Å². The SMILES string of the molecule is O=C1C=C(Nc2cc(OS(=O)(=O)C(F)(F)F)c(F)cc2F)C(=O)N1CCO. The minimum absolute atomic E-state index is 0.0247. The third-order valence-corrected chi connectivity index (χ3v) is 4.07. The van der Waals surface area contributed by atoms with Crippen LogP contribution >= 0.6 is 0 Å². The minimum Gasteiger partial charge on any atom is -0.395 e. The molecule has 2 N–H and O–H groups in total. The van der Waals surface area contributed by atoms with Crippen LogP contribution in [0.25, 0.3) is 0 Å². The van der Waals surface area contributed by atoms with E-state index in [4.69, 9.17) is 5.11 Å². The van der Waals surface area contributed by atoms with Crippen molar-refractivity contribution < 1.29 is 49.2 Å². The molecule has 2 rings (SSSR count). The Hall–Kier alpha value is -2.74. The lowest BCUT2D eigenvalue weighted by molar-refractivity contribution is -0.137. The molecule has 0 atom stereocenters. The number of halogens is 5. The smallest absolute Gasteiger partial charge is 0.395 e. The van der Waals surface area contributed by atoms with Gasteiger partial charge in [-0.1, -0.05) is 0 Å². The maximum Gasteiger partial charge on any atom is 0.534 e. The molecule has 0 saturated heterocycles. The van der Waals surface area contributed by atoms with Crippen LogP contribution in [0.15, 0.2) is 23.9 Å². The average molecular weight is 416 g/mol. The summed E-state index contributed by atoms with van der Waals surface area (Å²) in [5.74, 6) is -6.51. The van der Waals surface area contributed by atoms with E-state index < -0.39 is 62.8 Å². The Morgan fingerprint density at radius 1 is 1.15 bits per heavy atom. The zero-order valence-corrected chi connectivity index (χ0v) is 13.7. The fourth-order valence-corrected chi connectivity index (χ4v) is 2.37.